The molecule has 9 heteroatoms. The molecule has 0 spiro atoms. The molecule has 8 nitrogen and oxygen atoms in total. The molecule has 0 saturated carbocycles. The highest BCUT2D eigenvalue weighted by Crippen LogP contribution is 2.19. The van der Waals surface area contributed by atoms with E-state index in [1.54, 1.807) is 12.1 Å². The fourth-order valence-electron chi connectivity index (χ4n) is 3.06. The number of piperazine rings is 1. The van der Waals surface area contributed by atoms with Crippen LogP contribution in [-0.4, -0.2) is 63.9 Å². The molecule has 1 saturated heterocycles. The lowest BCUT2D eigenvalue weighted by molar-refractivity contribution is -0.895. The Labute approximate surface area is 167 Å². The summed E-state index contributed by atoms with van der Waals surface area (Å²) < 4.78 is 27.1. The van der Waals surface area contributed by atoms with Crippen LogP contribution in [0, 0.1) is 13.8 Å². The highest BCUT2D eigenvalue weighted by molar-refractivity contribution is 7.89. The number of unbranched alkanes of at least 4 members (excludes halogenated alkanes) is 1. The number of urea groups is 1. The van der Waals surface area contributed by atoms with Crippen molar-refractivity contribution in [1.29, 1.82) is 0 Å². The molecule has 0 unspecified atom stereocenters. The number of benzene rings is 1. The smallest absolute Gasteiger partial charge is 0.321 e. The molecule has 0 aromatic heterocycles. The zero-order valence-corrected chi connectivity index (χ0v) is 17.7. The van der Waals surface area contributed by atoms with Crippen molar-refractivity contribution in [2.45, 2.75) is 38.5 Å². The fourth-order valence-corrected chi connectivity index (χ4v) is 4.59. The van der Waals surface area contributed by atoms with Gasteiger partial charge >= 0.3 is 6.03 Å². The molecule has 2 rings (SSSR count). The van der Waals surface area contributed by atoms with E-state index in [9.17, 15) is 18.0 Å². The van der Waals surface area contributed by atoms with E-state index >= 15 is 0 Å². The molecule has 3 amide bonds. The molecule has 1 aliphatic rings. The third kappa shape index (κ3) is 6.02. The second-order valence-electron chi connectivity index (χ2n) is 7.23. The lowest BCUT2D eigenvalue weighted by Gasteiger charge is -2.31. The van der Waals surface area contributed by atoms with Crippen molar-refractivity contribution in [3.05, 3.63) is 29.3 Å². The summed E-state index contributed by atoms with van der Waals surface area (Å²) in [4.78, 5) is 24.9. The summed E-state index contributed by atoms with van der Waals surface area (Å²) >= 11 is 0. The molecular formula is C19H31N4O4S+. The van der Waals surface area contributed by atoms with Gasteiger partial charge in [0.1, 0.15) is 0 Å². The quantitative estimate of drug-likeness (QED) is 0.542. The van der Waals surface area contributed by atoms with Gasteiger partial charge in [-0.25, -0.2) is 13.2 Å². The van der Waals surface area contributed by atoms with Gasteiger partial charge in [0.2, 0.25) is 10.0 Å². The standard InChI is InChI=1S/C19H30N4O4S/c1-4-5-8-20-19(25)21-18(24)14-22-9-11-23(12-10-22)28(26,27)17-7-6-15(2)16(3)13-17/h6-7,13H,4-5,8-12,14H2,1-3H3,(H2,20,21,24,25)/p+1. The molecule has 3 N–H and O–H groups in total. The molecular weight excluding hydrogens is 380 g/mol. The Kier molecular flexibility index (Phi) is 7.97. The number of hydrogen-bond donors (Lipinski definition) is 3. The number of imide groups is 1. The summed E-state index contributed by atoms with van der Waals surface area (Å²) in [5.41, 5.74) is 2.00. The first-order valence-corrected chi connectivity index (χ1v) is 11.2. The second kappa shape index (κ2) is 9.99. The van der Waals surface area contributed by atoms with Crippen LogP contribution in [0.15, 0.2) is 23.1 Å². The van der Waals surface area contributed by atoms with Crippen molar-refractivity contribution < 1.29 is 22.9 Å². The largest absolute Gasteiger partial charge is 0.338 e. The third-order valence-corrected chi connectivity index (χ3v) is 6.92. The van der Waals surface area contributed by atoms with Gasteiger partial charge < -0.3 is 10.2 Å². The van der Waals surface area contributed by atoms with Crippen molar-refractivity contribution in [3.63, 3.8) is 0 Å². The average molecular weight is 412 g/mol. The zero-order chi connectivity index (χ0) is 20.7. The molecule has 28 heavy (non-hydrogen) atoms. The van der Waals surface area contributed by atoms with Crippen LogP contribution in [0.2, 0.25) is 0 Å². The number of sulfonamides is 1. The molecule has 0 atom stereocenters. The number of amides is 3. The van der Waals surface area contributed by atoms with E-state index in [-0.39, 0.29) is 12.5 Å². The second-order valence-corrected chi connectivity index (χ2v) is 9.17. The van der Waals surface area contributed by atoms with Crippen LogP contribution in [0.3, 0.4) is 0 Å². The lowest BCUT2D eigenvalue weighted by atomic mass is 10.1. The van der Waals surface area contributed by atoms with E-state index in [0.29, 0.717) is 37.6 Å². The normalized spacial score (nSPS) is 16.0. The summed E-state index contributed by atoms with van der Waals surface area (Å²) in [5, 5.41) is 4.96. The van der Waals surface area contributed by atoms with Crippen LogP contribution in [-0.2, 0) is 14.8 Å². The van der Waals surface area contributed by atoms with E-state index in [0.717, 1.165) is 28.9 Å². The molecule has 1 aromatic rings. The van der Waals surface area contributed by atoms with E-state index in [1.165, 1.54) is 4.31 Å². The van der Waals surface area contributed by atoms with Crippen LogP contribution in [0.4, 0.5) is 4.79 Å². The van der Waals surface area contributed by atoms with Gasteiger partial charge in [0.25, 0.3) is 5.91 Å². The number of nitrogens with zero attached hydrogens (tertiary/aromatic N) is 1. The van der Waals surface area contributed by atoms with E-state index in [1.807, 2.05) is 26.8 Å². The third-order valence-electron chi connectivity index (χ3n) is 5.03. The molecule has 1 fully saturated rings. The molecule has 0 aliphatic carbocycles. The topological polar surface area (TPSA) is 100 Å². The van der Waals surface area contributed by atoms with Gasteiger partial charge in [0.05, 0.1) is 31.1 Å². The van der Waals surface area contributed by atoms with Gasteiger partial charge in [-0.1, -0.05) is 19.4 Å². The van der Waals surface area contributed by atoms with Crippen LogP contribution in [0.25, 0.3) is 0 Å². The summed E-state index contributed by atoms with van der Waals surface area (Å²) in [6.45, 7) is 8.30. The van der Waals surface area contributed by atoms with E-state index in [4.69, 9.17) is 0 Å². The van der Waals surface area contributed by atoms with Gasteiger partial charge in [-0.3, -0.25) is 10.1 Å². The minimum Gasteiger partial charge on any atom is -0.338 e. The summed E-state index contributed by atoms with van der Waals surface area (Å²) in [7, 11) is -3.53. The first-order chi connectivity index (χ1) is 13.2. The number of hydrogen-bond acceptors (Lipinski definition) is 4. The van der Waals surface area contributed by atoms with Gasteiger partial charge in [-0.2, -0.15) is 4.31 Å². The number of nitrogens with one attached hydrogen (secondary N) is 3. The monoisotopic (exact) mass is 411 g/mol. The molecule has 156 valence electrons. The molecule has 1 aliphatic heterocycles. The SMILES string of the molecule is CCCCNC(=O)NC(=O)C[NH+]1CCN(S(=O)(=O)c2ccc(C)c(C)c2)CC1. The maximum atomic E-state index is 12.8. The van der Waals surface area contributed by atoms with Crippen LogP contribution < -0.4 is 15.5 Å². The van der Waals surface area contributed by atoms with Crippen molar-refractivity contribution in [3.8, 4) is 0 Å². The number of carbonyl (C=O) groups excluding carboxylic acids is 2. The van der Waals surface area contributed by atoms with Crippen molar-refractivity contribution >= 4 is 22.0 Å². The minimum absolute atomic E-state index is 0.152. The van der Waals surface area contributed by atoms with E-state index < -0.39 is 16.1 Å². The van der Waals surface area contributed by atoms with Crippen LogP contribution in [0.5, 0.6) is 0 Å². The maximum absolute atomic E-state index is 12.8. The highest BCUT2D eigenvalue weighted by Gasteiger charge is 2.31. The van der Waals surface area contributed by atoms with Gasteiger partial charge in [0.15, 0.2) is 6.54 Å². The Hall–Kier alpha value is -1.97. The van der Waals surface area contributed by atoms with Crippen molar-refractivity contribution in [1.82, 2.24) is 14.9 Å². The number of carbonyl (C=O) groups is 2. The average Bonchev–Trinajstić information content (AvgIpc) is 2.64. The van der Waals surface area contributed by atoms with Crippen LogP contribution >= 0.6 is 0 Å². The van der Waals surface area contributed by atoms with Gasteiger partial charge in [-0.15, -0.1) is 0 Å². The Morgan fingerprint density at radius 2 is 1.82 bits per heavy atom. The molecule has 1 heterocycles. The molecule has 1 aromatic carbocycles. The number of aryl methyl sites for hydroxylation is 2. The van der Waals surface area contributed by atoms with Gasteiger partial charge in [-0.05, 0) is 43.5 Å². The van der Waals surface area contributed by atoms with Crippen molar-refractivity contribution in [2.75, 3.05) is 39.3 Å². The molecule has 0 radical (unpaired) electrons. The predicted octanol–water partition coefficient (Wildman–Crippen LogP) is -0.181. The predicted molar refractivity (Wildman–Crippen MR) is 107 cm³/mol. The summed E-state index contributed by atoms with van der Waals surface area (Å²) in [6.07, 6.45) is 1.83. The van der Waals surface area contributed by atoms with E-state index in [2.05, 4.69) is 10.6 Å². The summed E-state index contributed by atoms with van der Waals surface area (Å²) in [5.74, 6) is -0.352. The van der Waals surface area contributed by atoms with Gasteiger partial charge in [0, 0.05) is 6.54 Å². The zero-order valence-electron chi connectivity index (χ0n) is 16.9. The Morgan fingerprint density at radius 1 is 1.14 bits per heavy atom. The highest BCUT2D eigenvalue weighted by atomic mass is 32.2. The number of quaternary nitrogens is 1. The minimum atomic E-state index is -3.53. The Morgan fingerprint density at radius 3 is 2.43 bits per heavy atom. The lowest BCUT2D eigenvalue weighted by Crippen LogP contribution is -3.15. The fraction of sp³-hybridized carbons (Fsp3) is 0.579. The first kappa shape index (κ1) is 22.3. The van der Waals surface area contributed by atoms with Crippen molar-refractivity contribution in [2.24, 2.45) is 0 Å². The van der Waals surface area contributed by atoms with Crippen LogP contribution in [0.1, 0.15) is 30.9 Å². The first-order valence-electron chi connectivity index (χ1n) is 9.72. The summed E-state index contributed by atoms with van der Waals surface area (Å²) in [6, 6.07) is 4.68. The number of rotatable bonds is 7. The Bertz CT molecular complexity index is 802. The Balaban J connectivity index is 1.84. The molecule has 0 bridgehead atoms. The maximum Gasteiger partial charge on any atom is 0.321 e.